The highest BCUT2D eigenvalue weighted by Crippen LogP contribution is 2.45. The lowest BCUT2D eigenvalue weighted by atomic mass is 9.77. The highest BCUT2D eigenvalue weighted by Gasteiger charge is 2.51. The number of hydrogen-bond donors (Lipinski definition) is 0. The summed E-state index contributed by atoms with van der Waals surface area (Å²) in [5, 5.41) is 0.0961. The van der Waals surface area contributed by atoms with Gasteiger partial charge >= 0.3 is 0 Å². The Hall–Kier alpha value is -0.773. The zero-order chi connectivity index (χ0) is 44.8. The van der Waals surface area contributed by atoms with Crippen molar-refractivity contribution in [3.63, 3.8) is 0 Å². The Morgan fingerprint density at radius 3 is 2.31 bits per heavy atom. The molecule has 0 radical (unpaired) electrons. The number of methoxy groups -OCH3 is 1. The van der Waals surface area contributed by atoms with Crippen LogP contribution >= 0.6 is 22.6 Å². The van der Waals surface area contributed by atoms with Crippen molar-refractivity contribution in [2.75, 3.05) is 7.11 Å². The molecule has 0 bridgehead atoms. The van der Waals surface area contributed by atoms with E-state index in [-0.39, 0.29) is 102 Å². The zero-order valence-corrected chi connectivity index (χ0v) is 42.9. The molecule has 4 unspecified atom stereocenters. The lowest BCUT2D eigenvalue weighted by Crippen LogP contribution is -2.58. The molecule has 5 aliphatic rings. The van der Waals surface area contributed by atoms with E-state index in [1.54, 1.807) is 7.11 Å². The van der Waals surface area contributed by atoms with E-state index < -0.39 is 8.32 Å². The van der Waals surface area contributed by atoms with Crippen molar-refractivity contribution in [1.29, 1.82) is 0 Å². The monoisotopic (exact) mass is 982 g/mol. The van der Waals surface area contributed by atoms with Crippen LogP contribution < -0.4 is 0 Å². The fourth-order valence-electron chi connectivity index (χ4n) is 10.5. The lowest BCUT2D eigenvalue weighted by Gasteiger charge is -2.51. The summed E-state index contributed by atoms with van der Waals surface area (Å²) in [4.78, 5) is 25.2. The van der Waals surface area contributed by atoms with Gasteiger partial charge in [0.1, 0.15) is 12.1 Å². The van der Waals surface area contributed by atoms with Gasteiger partial charge in [-0.2, -0.15) is 0 Å². The average Bonchev–Trinajstić information content (AvgIpc) is 3.72. The fraction of sp³-hybridized carbons (Fsp3) is 0.840. The van der Waals surface area contributed by atoms with Crippen LogP contribution in [0.25, 0.3) is 0 Å². The van der Waals surface area contributed by atoms with E-state index in [9.17, 15) is 9.59 Å². The SMILES string of the molecule is C=C1C[C@H](CCC=O)O[C@H]1CCC1C[C@@H](C)C(=C)[C@@H](C[C@@H]2O[C@H](C[C@H](C)CC)[C@H](OC)[C@H]2CC(=O)CC2CCC3O[C@@H]([C@H](/C=C/I)O[Si](C)(C)C(C)(C)C)[C@@H](C)[C@@H](C)C3O2)O1. The minimum atomic E-state index is -2.04. The molecule has 5 rings (SSSR count). The van der Waals surface area contributed by atoms with Crippen LogP contribution in [0.2, 0.25) is 18.1 Å². The first-order chi connectivity index (χ1) is 28.8. The lowest BCUT2D eigenvalue weighted by molar-refractivity contribution is -0.237. The molecule has 0 aromatic heterocycles. The highest BCUT2D eigenvalue weighted by molar-refractivity contribution is 14.1. The summed E-state index contributed by atoms with van der Waals surface area (Å²) in [5.74, 6) is 1.38. The van der Waals surface area contributed by atoms with Gasteiger partial charge in [0.2, 0.25) is 0 Å². The summed E-state index contributed by atoms with van der Waals surface area (Å²) >= 11 is 2.30. The van der Waals surface area contributed by atoms with Crippen molar-refractivity contribution in [3.05, 3.63) is 34.5 Å². The molecular formula is C50H83IO9Si. The van der Waals surface area contributed by atoms with Crippen LogP contribution in [-0.4, -0.2) is 101 Å². The van der Waals surface area contributed by atoms with Crippen molar-refractivity contribution in [2.24, 2.45) is 29.6 Å². The molecule has 0 spiro atoms. The van der Waals surface area contributed by atoms with Crippen molar-refractivity contribution in [1.82, 2.24) is 0 Å². The zero-order valence-electron chi connectivity index (χ0n) is 39.7. The Kier molecular flexibility index (Phi) is 19.0. The first-order valence-corrected chi connectivity index (χ1v) is 28.0. The van der Waals surface area contributed by atoms with Crippen LogP contribution in [0.15, 0.2) is 34.5 Å². The Bertz CT molecular complexity index is 1490. The molecule has 0 saturated carbocycles. The maximum Gasteiger partial charge on any atom is 0.193 e. The van der Waals surface area contributed by atoms with Crippen molar-refractivity contribution in [2.45, 2.75) is 230 Å². The van der Waals surface area contributed by atoms with Crippen LogP contribution in [0.3, 0.4) is 0 Å². The predicted molar refractivity (Wildman–Crippen MR) is 255 cm³/mol. The van der Waals surface area contributed by atoms with Crippen molar-refractivity contribution in [3.8, 4) is 0 Å². The molecule has 0 aromatic rings. The van der Waals surface area contributed by atoms with Crippen molar-refractivity contribution >= 4 is 43.0 Å². The van der Waals surface area contributed by atoms with Crippen LogP contribution in [0.5, 0.6) is 0 Å². The summed E-state index contributed by atoms with van der Waals surface area (Å²) in [6.45, 7) is 31.6. The van der Waals surface area contributed by atoms with Crippen LogP contribution in [0.4, 0.5) is 0 Å². The Morgan fingerprint density at radius 1 is 0.934 bits per heavy atom. The van der Waals surface area contributed by atoms with Gasteiger partial charge in [0.05, 0.1) is 73.2 Å². The number of carbonyl (C=O) groups is 2. The minimum Gasteiger partial charge on any atom is -0.408 e. The molecule has 17 atom stereocenters. The Balaban J connectivity index is 1.22. The van der Waals surface area contributed by atoms with E-state index in [2.05, 4.69) is 114 Å². The molecule has 348 valence electrons. The number of halogens is 1. The van der Waals surface area contributed by atoms with Gasteiger partial charge in [-0.1, -0.05) is 97.6 Å². The van der Waals surface area contributed by atoms with E-state index in [4.69, 9.17) is 32.8 Å². The number of aldehydes is 1. The maximum absolute atomic E-state index is 14.2. The summed E-state index contributed by atoms with van der Waals surface area (Å²) in [6.07, 6.45) is 12.1. The normalized spacial score (nSPS) is 38.5. The van der Waals surface area contributed by atoms with E-state index in [1.165, 1.54) is 0 Å². The van der Waals surface area contributed by atoms with Crippen LogP contribution in [0, 0.1) is 29.6 Å². The number of carbonyl (C=O) groups excluding carboxylic acids is 2. The molecule has 61 heavy (non-hydrogen) atoms. The third-order valence-corrected chi connectivity index (χ3v) is 20.7. The molecule has 5 aliphatic heterocycles. The third-order valence-electron chi connectivity index (χ3n) is 15.8. The van der Waals surface area contributed by atoms with Gasteiger partial charge in [0, 0.05) is 38.7 Å². The molecule has 5 saturated heterocycles. The number of hydrogen-bond acceptors (Lipinski definition) is 9. The van der Waals surface area contributed by atoms with Crippen molar-refractivity contribution < 1.29 is 42.4 Å². The topological polar surface area (TPSA) is 98.8 Å². The summed E-state index contributed by atoms with van der Waals surface area (Å²) in [7, 11) is -0.269. The largest absolute Gasteiger partial charge is 0.408 e. The van der Waals surface area contributed by atoms with Gasteiger partial charge < -0.3 is 37.6 Å². The predicted octanol–water partition coefficient (Wildman–Crippen LogP) is 11.3. The van der Waals surface area contributed by atoms with Gasteiger partial charge in [-0.25, -0.2) is 0 Å². The second-order valence-corrected chi connectivity index (χ2v) is 26.7. The quantitative estimate of drug-likeness (QED) is 0.0511. The molecule has 0 amide bonds. The van der Waals surface area contributed by atoms with Crippen LogP contribution in [0.1, 0.15) is 139 Å². The van der Waals surface area contributed by atoms with Gasteiger partial charge in [-0.15, -0.1) is 0 Å². The van der Waals surface area contributed by atoms with E-state index in [0.717, 1.165) is 75.2 Å². The van der Waals surface area contributed by atoms with Gasteiger partial charge in [-0.05, 0) is 114 Å². The molecule has 5 heterocycles. The number of ketones is 1. The van der Waals surface area contributed by atoms with E-state index >= 15 is 0 Å². The standard InChI is InChI=1S/C50H83IO9Si/c1-14-30(2)24-46-49(54-11)40(45(58-46)29-44-33(5)31(3)25-38(56-44)17-19-41-32(4)26-37(55-41)16-15-23-52)28-36(53)27-39-18-20-42-47(57-39)34(6)35(7)48(59-42)43(21-22-51)60-61(12,13)50(8,9)10/h21-23,30-31,34-35,37-49H,4-5,14-20,24-29H2,1-3,6-13H3/b22-21+/t30-,31-,34-,35+,37+,38?,39?,40+,41+,42?,43+,44-,45+,46-,47?,48-,49-/m1/s1. The molecule has 0 aromatic carbocycles. The average molecular weight is 983 g/mol. The molecule has 0 aliphatic carbocycles. The Labute approximate surface area is 384 Å². The number of Topliss-reactive ketones (excluding diaryl/α,β-unsaturated/α-hetero) is 1. The molecule has 0 N–H and O–H groups in total. The molecular weight excluding hydrogens is 900 g/mol. The highest BCUT2D eigenvalue weighted by atomic mass is 127. The third kappa shape index (κ3) is 13.0. The Morgan fingerprint density at radius 2 is 1.66 bits per heavy atom. The number of fused-ring (bicyclic) bond motifs is 1. The maximum atomic E-state index is 14.2. The van der Waals surface area contributed by atoms with Gasteiger partial charge in [0.15, 0.2) is 8.32 Å². The second-order valence-electron chi connectivity index (χ2n) is 21.2. The first-order valence-electron chi connectivity index (χ1n) is 23.9. The summed E-state index contributed by atoms with van der Waals surface area (Å²) in [6, 6.07) is 0. The minimum absolute atomic E-state index is 0.00644. The molecule has 5 fully saturated rings. The fourth-order valence-corrected chi connectivity index (χ4v) is 12.1. The number of ether oxygens (including phenoxy) is 6. The number of rotatable bonds is 20. The second kappa shape index (κ2) is 22.6. The molecule has 9 nitrogen and oxygen atoms in total. The molecule has 11 heteroatoms. The smallest absolute Gasteiger partial charge is 0.193 e. The summed E-state index contributed by atoms with van der Waals surface area (Å²) in [5.41, 5.74) is 2.22. The van der Waals surface area contributed by atoms with Crippen LogP contribution in [-0.2, 0) is 42.4 Å². The van der Waals surface area contributed by atoms with Gasteiger partial charge in [-0.3, -0.25) is 4.79 Å². The van der Waals surface area contributed by atoms with E-state index in [1.807, 2.05) is 0 Å². The van der Waals surface area contributed by atoms with E-state index in [0.29, 0.717) is 37.5 Å². The summed E-state index contributed by atoms with van der Waals surface area (Å²) < 4.78 is 49.2. The van der Waals surface area contributed by atoms with Gasteiger partial charge in [0.25, 0.3) is 0 Å². The first kappa shape index (κ1) is 51.2.